The van der Waals surface area contributed by atoms with E-state index in [1.807, 2.05) is 0 Å². The summed E-state index contributed by atoms with van der Waals surface area (Å²) in [4.78, 5) is 4.25. The Bertz CT molecular complexity index is 512. The summed E-state index contributed by atoms with van der Waals surface area (Å²) >= 11 is 5.68. The van der Waals surface area contributed by atoms with Gasteiger partial charge in [-0.05, 0) is 31.4 Å². The zero-order chi connectivity index (χ0) is 11.8. The molecule has 90 valence electrons. The van der Waals surface area contributed by atoms with E-state index in [9.17, 15) is 4.39 Å². The molecule has 0 bridgehead atoms. The SMILES string of the molecule is Fc1cc2oc(CNCC3CC3)nc2cc1Cl. The van der Waals surface area contributed by atoms with E-state index in [0.29, 0.717) is 23.5 Å². The zero-order valence-corrected chi connectivity index (χ0v) is 9.93. The molecule has 1 heterocycles. The Morgan fingerprint density at radius 1 is 1.47 bits per heavy atom. The summed E-state index contributed by atoms with van der Waals surface area (Å²) < 4.78 is 18.6. The van der Waals surface area contributed by atoms with Gasteiger partial charge in [-0.25, -0.2) is 9.37 Å². The molecule has 0 radical (unpaired) electrons. The summed E-state index contributed by atoms with van der Waals surface area (Å²) in [5, 5.41) is 3.34. The van der Waals surface area contributed by atoms with Crippen molar-refractivity contribution in [3.8, 4) is 0 Å². The smallest absolute Gasteiger partial charge is 0.209 e. The van der Waals surface area contributed by atoms with Gasteiger partial charge in [-0.2, -0.15) is 0 Å². The maximum atomic E-state index is 13.2. The molecule has 2 aromatic rings. The third kappa shape index (κ3) is 2.42. The van der Waals surface area contributed by atoms with Crippen molar-refractivity contribution in [1.82, 2.24) is 10.3 Å². The van der Waals surface area contributed by atoms with Crippen molar-refractivity contribution in [2.45, 2.75) is 19.4 Å². The van der Waals surface area contributed by atoms with Gasteiger partial charge in [-0.3, -0.25) is 0 Å². The molecule has 1 fully saturated rings. The maximum Gasteiger partial charge on any atom is 0.209 e. The van der Waals surface area contributed by atoms with Crippen LogP contribution in [0.3, 0.4) is 0 Å². The van der Waals surface area contributed by atoms with Crippen LogP contribution in [-0.2, 0) is 6.54 Å². The van der Waals surface area contributed by atoms with Gasteiger partial charge in [0.1, 0.15) is 11.3 Å². The first-order valence-electron chi connectivity index (χ1n) is 5.67. The summed E-state index contributed by atoms with van der Waals surface area (Å²) in [5.74, 6) is 0.904. The van der Waals surface area contributed by atoms with Crippen LogP contribution in [0.5, 0.6) is 0 Å². The Morgan fingerprint density at radius 3 is 3.06 bits per heavy atom. The molecule has 3 nitrogen and oxygen atoms in total. The van der Waals surface area contributed by atoms with Crippen molar-refractivity contribution in [2.24, 2.45) is 5.92 Å². The van der Waals surface area contributed by atoms with Crippen LogP contribution in [0, 0.1) is 11.7 Å². The van der Waals surface area contributed by atoms with Crippen molar-refractivity contribution in [1.29, 1.82) is 0 Å². The molecule has 1 saturated carbocycles. The number of oxazole rings is 1. The van der Waals surface area contributed by atoms with Crippen LogP contribution < -0.4 is 5.32 Å². The van der Waals surface area contributed by atoms with E-state index < -0.39 is 5.82 Å². The minimum Gasteiger partial charge on any atom is -0.439 e. The van der Waals surface area contributed by atoms with Gasteiger partial charge >= 0.3 is 0 Å². The molecular weight excluding hydrogens is 243 g/mol. The van der Waals surface area contributed by atoms with E-state index in [0.717, 1.165) is 12.5 Å². The topological polar surface area (TPSA) is 38.1 Å². The van der Waals surface area contributed by atoms with Crippen LogP contribution in [0.2, 0.25) is 5.02 Å². The number of hydrogen-bond acceptors (Lipinski definition) is 3. The van der Waals surface area contributed by atoms with E-state index in [1.54, 1.807) is 0 Å². The number of benzene rings is 1. The minimum atomic E-state index is -0.479. The first-order chi connectivity index (χ1) is 8.22. The van der Waals surface area contributed by atoms with Crippen LogP contribution in [0.15, 0.2) is 16.5 Å². The van der Waals surface area contributed by atoms with Gasteiger partial charge in [0.25, 0.3) is 0 Å². The molecule has 1 N–H and O–H groups in total. The maximum absolute atomic E-state index is 13.2. The van der Waals surface area contributed by atoms with E-state index in [2.05, 4.69) is 10.3 Å². The van der Waals surface area contributed by atoms with Crippen molar-refractivity contribution >= 4 is 22.7 Å². The van der Waals surface area contributed by atoms with Crippen LogP contribution in [-0.4, -0.2) is 11.5 Å². The van der Waals surface area contributed by atoms with E-state index in [4.69, 9.17) is 16.0 Å². The highest BCUT2D eigenvalue weighted by atomic mass is 35.5. The molecule has 3 rings (SSSR count). The standard InChI is InChI=1S/C12H12ClFN2O/c13-8-3-10-11(4-9(8)14)17-12(16-10)6-15-5-7-1-2-7/h3-4,7,15H,1-2,5-6H2. The van der Waals surface area contributed by atoms with Gasteiger partial charge in [0.05, 0.1) is 11.6 Å². The van der Waals surface area contributed by atoms with Gasteiger partial charge in [-0.15, -0.1) is 0 Å². The third-order valence-electron chi connectivity index (χ3n) is 2.88. The third-order valence-corrected chi connectivity index (χ3v) is 3.17. The molecule has 17 heavy (non-hydrogen) atoms. The van der Waals surface area contributed by atoms with E-state index in [-0.39, 0.29) is 5.02 Å². The number of hydrogen-bond donors (Lipinski definition) is 1. The van der Waals surface area contributed by atoms with Gasteiger partial charge in [0.2, 0.25) is 5.89 Å². The number of fused-ring (bicyclic) bond motifs is 1. The lowest BCUT2D eigenvalue weighted by atomic mass is 10.3. The van der Waals surface area contributed by atoms with Crippen molar-refractivity contribution in [3.63, 3.8) is 0 Å². The second-order valence-electron chi connectivity index (χ2n) is 4.42. The van der Waals surface area contributed by atoms with Crippen molar-refractivity contribution < 1.29 is 8.81 Å². The highest BCUT2D eigenvalue weighted by Gasteiger charge is 2.20. The Morgan fingerprint density at radius 2 is 2.29 bits per heavy atom. The van der Waals surface area contributed by atoms with E-state index in [1.165, 1.54) is 25.0 Å². The lowest BCUT2D eigenvalue weighted by molar-refractivity contribution is 0.488. The molecule has 1 aliphatic carbocycles. The second-order valence-corrected chi connectivity index (χ2v) is 4.82. The average Bonchev–Trinajstić information content (AvgIpc) is 3.02. The Kier molecular flexibility index (Phi) is 2.76. The Balaban J connectivity index is 1.75. The van der Waals surface area contributed by atoms with Gasteiger partial charge in [-0.1, -0.05) is 11.6 Å². The highest BCUT2D eigenvalue weighted by Crippen LogP contribution is 2.28. The highest BCUT2D eigenvalue weighted by molar-refractivity contribution is 6.31. The van der Waals surface area contributed by atoms with Gasteiger partial charge in [0.15, 0.2) is 5.58 Å². The molecule has 0 spiro atoms. The predicted molar refractivity (Wildman–Crippen MR) is 63.4 cm³/mol. The van der Waals surface area contributed by atoms with Gasteiger partial charge < -0.3 is 9.73 Å². The molecular formula is C12H12ClFN2O. The number of aromatic nitrogens is 1. The van der Waals surface area contributed by atoms with Crippen LogP contribution in [0.1, 0.15) is 18.7 Å². The number of nitrogens with zero attached hydrogens (tertiary/aromatic N) is 1. The molecule has 1 aromatic carbocycles. The lowest BCUT2D eigenvalue weighted by Crippen LogP contribution is -2.16. The van der Waals surface area contributed by atoms with E-state index >= 15 is 0 Å². The summed E-state index contributed by atoms with van der Waals surface area (Å²) in [6, 6.07) is 2.76. The summed E-state index contributed by atoms with van der Waals surface area (Å²) in [6.45, 7) is 1.57. The molecule has 5 heteroatoms. The molecule has 0 aliphatic heterocycles. The Hall–Kier alpha value is -1.13. The molecule has 1 aliphatic rings. The summed E-state index contributed by atoms with van der Waals surface area (Å²) in [5.41, 5.74) is 1.04. The lowest BCUT2D eigenvalue weighted by Gasteiger charge is -1.97. The first kappa shape index (κ1) is 11.0. The minimum absolute atomic E-state index is 0.0725. The normalized spacial score (nSPS) is 15.6. The van der Waals surface area contributed by atoms with Gasteiger partial charge in [0, 0.05) is 6.07 Å². The fraction of sp³-hybridized carbons (Fsp3) is 0.417. The predicted octanol–water partition coefficient (Wildman–Crippen LogP) is 3.12. The van der Waals surface area contributed by atoms with Crippen molar-refractivity contribution in [2.75, 3.05) is 6.54 Å². The fourth-order valence-corrected chi connectivity index (χ4v) is 1.91. The number of rotatable bonds is 4. The molecule has 0 unspecified atom stereocenters. The molecule has 0 atom stereocenters. The monoisotopic (exact) mass is 254 g/mol. The quantitative estimate of drug-likeness (QED) is 0.911. The Labute approximate surface area is 103 Å². The van der Waals surface area contributed by atoms with Crippen LogP contribution in [0.25, 0.3) is 11.1 Å². The second kappa shape index (κ2) is 4.27. The fourth-order valence-electron chi connectivity index (χ4n) is 1.75. The van der Waals surface area contributed by atoms with Crippen molar-refractivity contribution in [3.05, 3.63) is 28.9 Å². The number of nitrogens with one attached hydrogen (secondary N) is 1. The average molecular weight is 255 g/mol. The molecule has 0 amide bonds. The number of halogens is 2. The van der Waals surface area contributed by atoms with Crippen LogP contribution >= 0.6 is 11.6 Å². The first-order valence-corrected chi connectivity index (χ1v) is 6.05. The summed E-state index contributed by atoms with van der Waals surface area (Å²) in [7, 11) is 0. The van der Waals surface area contributed by atoms with Crippen LogP contribution in [0.4, 0.5) is 4.39 Å². The summed E-state index contributed by atoms with van der Waals surface area (Å²) in [6.07, 6.45) is 2.61. The largest absolute Gasteiger partial charge is 0.439 e. The zero-order valence-electron chi connectivity index (χ0n) is 9.17. The molecule has 1 aromatic heterocycles. The molecule has 0 saturated heterocycles.